The Kier molecular flexibility index (Phi) is 5.04. The van der Waals surface area contributed by atoms with Crippen molar-refractivity contribution in [3.05, 3.63) is 95.4 Å². The second kappa shape index (κ2) is 8.14. The fourth-order valence-electron chi connectivity index (χ4n) is 4.01. The number of ether oxygens (including phenoxy) is 2. The number of nitrogens with zero attached hydrogens (tertiary/aromatic N) is 2. The average molecular weight is 413 g/mol. The van der Waals surface area contributed by atoms with Crippen LogP contribution in [0.4, 0.5) is 0 Å². The van der Waals surface area contributed by atoms with Crippen LogP contribution in [0.25, 0.3) is 5.65 Å². The number of hydrogen-bond donors (Lipinski definition) is 1. The average Bonchev–Trinajstić information content (AvgIpc) is 3.44. The third kappa shape index (κ3) is 3.84. The minimum absolute atomic E-state index is 0.0193. The summed E-state index contributed by atoms with van der Waals surface area (Å²) in [6.45, 7) is 2.75. The maximum atomic E-state index is 12.9. The first-order valence-corrected chi connectivity index (χ1v) is 10.3. The molecule has 0 fully saturated rings. The van der Waals surface area contributed by atoms with Crippen LogP contribution in [0.3, 0.4) is 0 Å². The number of nitrogens with one attached hydrogen (secondary N) is 1. The fraction of sp³-hybridized carbons (Fsp3) is 0.200. The van der Waals surface area contributed by atoms with Gasteiger partial charge in [0.05, 0.1) is 5.69 Å². The predicted octanol–water partition coefficient (Wildman–Crippen LogP) is 4.21. The van der Waals surface area contributed by atoms with E-state index in [1.807, 2.05) is 80.0 Å². The first-order chi connectivity index (χ1) is 15.2. The van der Waals surface area contributed by atoms with Crippen LogP contribution < -0.4 is 14.8 Å². The van der Waals surface area contributed by atoms with Crippen LogP contribution in [0.5, 0.6) is 11.5 Å². The van der Waals surface area contributed by atoms with E-state index in [4.69, 9.17) is 9.47 Å². The summed E-state index contributed by atoms with van der Waals surface area (Å²) < 4.78 is 13.1. The molecule has 6 heteroatoms. The molecule has 0 saturated carbocycles. The number of benzene rings is 2. The van der Waals surface area contributed by atoms with E-state index in [0.29, 0.717) is 18.7 Å². The van der Waals surface area contributed by atoms with Gasteiger partial charge in [0.25, 0.3) is 0 Å². The summed E-state index contributed by atoms with van der Waals surface area (Å²) in [7, 11) is 0. The van der Waals surface area contributed by atoms with Crippen molar-refractivity contribution < 1.29 is 14.3 Å². The summed E-state index contributed by atoms with van der Waals surface area (Å²) >= 11 is 0. The smallest absolute Gasteiger partial charge is 0.231 e. The van der Waals surface area contributed by atoms with E-state index >= 15 is 0 Å². The second-order valence-corrected chi connectivity index (χ2v) is 7.70. The molecule has 0 saturated heterocycles. The van der Waals surface area contributed by atoms with Crippen molar-refractivity contribution in [3.63, 3.8) is 0 Å². The predicted molar refractivity (Wildman–Crippen MR) is 117 cm³/mol. The van der Waals surface area contributed by atoms with Crippen molar-refractivity contribution in [1.82, 2.24) is 14.7 Å². The van der Waals surface area contributed by atoms with Gasteiger partial charge >= 0.3 is 0 Å². The minimum atomic E-state index is -0.179. The van der Waals surface area contributed by atoms with Gasteiger partial charge in [0, 0.05) is 31.3 Å². The fourth-order valence-corrected chi connectivity index (χ4v) is 4.01. The molecule has 156 valence electrons. The van der Waals surface area contributed by atoms with Gasteiger partial charge in [-0.1, -0.05) is 42.5 Å². The number of rotatable bonds is 6. The molecule has 6 nitrogen and oxygen atoms in total. The molecule has 4 aromatic rings. The van der Waals surface area contributed by atoms with Crippen LogP contribution in [-0.4, -0.2) is 22.1 Å². The summed E-state index contributed by atoms with van der Waals surface area (Å²) in [5.74, 6) is 1.23. The van der Waals surface area contributed by atoms with Gasteiger partial charge in [0.1, 0.15) is 5.65 Å². The topological polar surface area (TPSA) is 64.9 Å². The molecule has 0 spiro atoms. The van der Waals surface area contributed by atoms with Gasteiger partial charge in [0.2, 0.25) is 12.7 Å². The standard InChI is InChI=1S/C25H23N3O3/c1-17-6-5-11-28-21(15-27-25(17)28)20(19-9-10-22-23(12-19)31-16-30-22)13-24(29)26-14-18-7-3-2-4-8-18/h2-12,15,20H,13-14,16H2,1H3,(H,26,29). The Balaban J connectivity index is 1.47. The summed E-state index contributed by atoms with van der Waals surface area (Å²) in [5, 5.41) is 3.05. The number of fused-ring (bicyclic) bond motifs is 2. The van der Waals surface area contributed by atoms with Gasteiger partial charge in [-0.05, 0) is 41.8 Å². The number of carbonyl (C=O) groups excluding carboxylic acids is 1. The van der Waals surface area contributed by atoms with E-state index in [-0.39, 0.29) is 18.6 Å². The zero-order chi connectivity index (χ0) is 21.2. The Morgan fingerprint density at radius 3 is 2.81 bits per heavy atom. The number of aromatic nitrogens is 2. The molecule has 5 rings (SSSR count). The molecule has 0 radical (unpaired) electrons. The molecule has 1 amide bonds. The monoisotopic (exact) mass is 413 g/mol. The van der Waals surface area contributed by atoms with Gasteiger partial charge in [-0.3, -0.25) is 4.79 Å². The lowest BCUT2D eigenvalue weighted by atomic mass is 9.92. The molecule has 1 aliphatic rings. The molecule has 2 aromatic carbocycles. The quantitative estimate of drug-likeness (QED) is 0.514. The van der Waals surface area contributed by atoms with Crippen molar-refractivity contribution in [2.45, 2.75) is 25.8 Å². The maximum Gasteiger partial charge on any atom is 0.231 e. The molecule has 3 heterocycles. The highest BCUT2D eigenvalue weighted by atomic mass is 16.7. The first-order valence-electron chi connectivity index (χ1n) is 10.3. The second-order valence-electron chi connectivity index (χ2n) is 7.70. The van der Waals surface area contributed by atoms with Crippen molar-refractivity contribution in [1.29, 1.82) is 0 Å². The van der Waals surface area contributed by atoms with Crippen LogP contribution in [0.1, 0.15) is 34.7 Å². The van der Waals surface area contributed by atoms with Gasteiger partial charge in [-0.25, -0.2) is 4.98 Å². The highest BCUT2D eigenvalue weighted by Crippen LogP contribution is 2.37. The molecular formula is C25H23N3O3. The highest BCUT2D eigenvalue weighted by Gasteiger charge is 2.24. The molecule has 0 aliphatic carbocycles. The van der Waals surface area contributed by atoms with Crippen molar-refractivity contribution in [3.8, 4) is 11.5 Å². The number of aryl methyl sites for hydroxylation is 1. The summed E-state index contributed by atoms with van der Waals surface area (Å²) in [5.41, 5.74) is 5.01. The molecule has 31 heavy (non-hydrogen) atoms. The van der Waals surface area contributed by atoms with Gasteiger partial charge in [-0.15, -0.1) is 0 Å². The third-order valence-corrected chi connectivity index (χ3v) is 5.64. The lowest BCUT2D eigenvalue weighted by Crippen LogP contribution is -2.25. The molecule has 1 unspecified atom stereocenters. The number of imidazole rings is 1. The largest absolute Gasteiger partial charge is 0.454 e. The number of hydrogen-bond acceptors (Lipinski definition) is 4. The first kappa shape index (κ1) is 19.2. The Morgan fingerprint density at radius 1 is 1.10 bits per heavy atom. The van der Waals surface area contributed by atoms with E-state index in [9.17, 15) is 4.79 Å². The maximum absolute atomic E-state index is 12.9. The van der Waals surface area contributed by atoms with E-state index < -0.39 is 0 Å². The number of pyridine rings is 1. The van der Waals surface area contributed by atoms with Crippen LogP contribution >= 0.6 is 0 Å². The van der Waals surface area contributed by atoms with Crippen LogP contribution in [0.15, 0.2) is 73.1 Å². The number of amides is 1. The minimum Gasteiger partial charge on any atom is -0.454 e. The Bertz CT molecular complexity index is 1230. The normalized spacial score (nSPS) is 13.3. The van der Waals surface area contributed by atoms with Gasteiger partial charge < -0.3 is 19.2 Å². The van der Waals surface area contributed by atoms with Gasteiger partial charge in [0.15, 0.2) is 11.5 Å². The van der Waals surface area contributed by atoms with E-state index in [1.165, 1.54) is 0 Å². The Hall–Kier alpha value is -3.80. The number of carbonyl (C=O) groups is 1. The summed E-state index contributed by atoms with van der Waals surface area (Å²) in [6.07, 6.45) is 4.16. The third-order valence-electron chi connectivity index (χ3n) is 5.64. The Morgan fingerprint density at radius 2 is 1.94 bits per heavy atom. The molecule has 2 aromatic heterocycles. The molecule has 1 atom stereocenters. The van der Waals surface area contributed by atoms with Crippen molar-refractivity contribution in [2.24, 2.45) is 0 Å². The van der Waals surface area contributed by atoms with Crippen molar-refractivity contribution in [2.75, 3.05) is 6.79 Å². The van der Waals surface area contributed by atoms with E-state index in [2.05, 4.69) is 14.7 Å². The summed E-state index contributed by atoms with van der Waals surface area (Å²) in [6, 6.07) is 19.8. The van der Waals surface area contributed by atoms with Crippen LogP contribution in [-0.2, 0) is 11.3 Å². The highest BCUT2D eigenvalue weighted by molar-refractivity contribution is 5.77. The van der Waals surface area contributed by atoms with E-state index in [0.717, 1.165) is 33.8 Å². The zero-order valence-corrected chi connectivity index (χ0v) is 17.2. The SMILES string of the molecule is Cc1cccn2c(C(CC(=O)NCc3ccccc3)c3ccc4c(c3)OCO4)cnc12. The molecule has 1 aliphatic heterocycles. The molecular weight excluding hydrogens is 390 g/mol. The molecule has 1 N–H and O–H groups in total. The van der Waals surface area contributed by atoms with Crippen LogP contribution in [0, 0.1) is 6.92 Å². The zero-order valence-electron chi connectivity index (χ0n) is 17.2. The Labute approximate surface area is 180 Å². The van der Waals surface area contributed by atoms with E-state index in [1.54, 1.807) is 0 Å². The lowest BCUT2D eigenvalue weighted by Gasteiger charge is -2.18. The lowest BCUT2D eigenvalue weighted by molar-refractivity contribution is -0.121. The summed E-state index contributed by atoms with van der Waals surface area (Å²) in [4.78, 5) is 17.5. The van der Waals surface area contributed by atoms with Gasteiger partial charge in [-0.2, -0.15) is 0 Å². The molecule has 0 bridgehead atoms. The van der Waals surface area contributed by atoms with Crippen molar-refractivity contribution >= 4 is 11.6 Å². The van der Waals surface area contributed by atoms with Crippen LogP contribution in [0.2, 0.25) is 0 Å².